The average Bonchev–Trinajstić information content (AvgIpc) is 2.69. The fourth-order valence-corrected chi connectivity index (χ4v) is 2.58. The summed E-state index contributed by atoms with van der Waals surface area (Å²) in [4.78, 5) is 23.8. The van der Waals surface area contributed by atoms with Crippen molar-refractivity contribution >= 4 is 23.8 Å². The fourth-order valence-electron chi connectivity index (χ4n) is 2.58. The zero-order chi connectivity index (χ0) is 18.5. The molecule has 0 unspecified atom stereocenters. The topological polar surface area (TPSA) is 90.3 Å². The number of aromatic carboxylic acids is 1. The van der Waals surface area contributed by atoms with Gasteiger partial charge in [0, 0.05) is 11.8 Å². The molecule has 3 aromatic carbocycles. The summed E-state index contributed by atoms with van der Waals surface area (Å²) < 4.78 is 0. The minimum Gasteiger partial charge on any atom is -0.478 e. The second-order valence-corrected chi connectivity index (χ2v) is 5.65. The third-order valence-electron chi connectivity index (χ3n) is 3.94. The van der Waals surface area contributed by atoms with Crippen molar-refractivity contribution in [3.05, 3.63) is 89.5 Å². The van der Waals surface area contributed by atoms with E-state index in [1.807, 2.05) is 42.5 Å². The van der Waals surface area contributed by atoms with Gasteiger partial charge in [0.25, 0.3) is 5.91 Å². The van der Waals surface area contributed by atoms with Gasteiger partial charge in [-0.1, -0.05) is 48.5 Å². The van der Waals surface area contributed by atoms with Gasteiger partial charge in [-0.3, -0.25) is 4.79 Å². The Labute approximate surface area is 150 Å². The Hall–Kier alpha value is -3.73. The van der Waals surface area contributed by atoms with Crippen LogP contribution in [0.1, 0.15) is 26.3 Å². The first-order valence-electron chi connectivity index (χ1n) is 7.93. The molecule has 0 aromatic heterocycles. The van der Waals surface area contributed by atoms with Crippen molar-refractivity contribution < 1.29 is 14.7 Å². The van der Waals surface area contributed by atoms with Crippen LogP contribution in [0.25, 0.3) is 11.1 Å². The zero-order valence-corrected chi connectivity index (χ0v) is 13.8. The highest BCUT2D eigenvalue weighted by Crippen LogP contribution is 2.21. The van der Waals surface area contributed by atoms with E-state index in [1.165, 1.54) is 12.1 Å². The predicted molar refractivity (Wildman–Crippen MR) is 101 cm³/mol. The molecule has 128 valence electrons. The second kappa shape index (κ2) is 7.44. The van der Waals surface area contributed by atoms with Crippen molar-refractivity contribution in [1.82, 2.24) is 0 Å². The van der Waals surface area contributed by atoms with Crippen LogP contribution < -0.4 is 5.32 Å². The summed E-state index contributed by atoms with van der Waals surface area (Å²) >= 11 is 0. The summed E-state index contributed by atoms with van der Waals surface area (Å²) in [5.41, 5.74) is 3.06. The van der Waals surface area contributed by atoms with Gasteiger partial charge >= 0.3 is 5.97 Å². The van der Waals surface area contributed by atoms with Crippen LogP contribution in [-0.2, 0) is 0 Å². The van der Waals surface area contributed by atoms with Gasteiger partial charge in [-0.2, -0.15) is 0 Å². The minimum atomic E-state index is -1.16. The van der Waals surface area contributed by atoms with E-state index < -0.39 is 11.9 Å². The van der Waals surface area contributed by atoms with Crippen LogP contribution in [-0.4, -0.2) is 23.2 Å². The molecular formula is C21H16N2O3. The van der Waals surface area contributed by atoms with Crippen LogP contribution in [0, 0.1) is 5.41 Å². The molecule has 0 saturated heterocycles. The van der Waals surface area contributed by atoms with Crippen LogP contribution in [0.3, 0.4) is 0 Å². The third-order valence-corrected chi connectivity index (χ3v) is 3.94. The molecule has 3 aromatic rings. The lowest BCUT2D eigenvalue weighted by Gasteiger charge is -2.10. The molecule has 0 atom stereocenters. The van der Waals surface area contributed by atoms with Crippen molar-refractivity contribution in [2.75, 3.05) is 5.32 Å². The molecule has 1 amide bonds. The van der Waals surface area contributed by atoms with E-state index in [0.29, 0.717) is 11.1 Å². The van der Waals surface area contributed by atoms with E-state index in [-0.39, 0.29) is 11.3 Å². The number of amides is 1. The highest BCUT2D eigenvalue weighted by atomic mass is 16.4. The number of benzene rings is 3. The van der Waals surface area contributed by atoms with Crippen LogP contribution in [0.15, 0.2) is 72.8 Å². The highest BCUT2D eigenvalue weighted by molar-refractivity contribution is 6.08. The molecule has 0 aliphatic heterocycles. The van der Waals surface area contributed by atoms with E-state index in [4.69, 9.17) is 5.41 Å². The van der Waals surface area contributed by atoms with Crippen molar-refractivity contribution in [2.45, 2.75) is 0 Å². The third kappa shape index (κ3) is 3.67. The first-order valence-corrected chi connectivity index (χ1v) is 7.93. The molecule has 3 rings (SSSR count). The zero-order valence-electron chi connectivity index (χ0n) is 13.8. The molecule has 5 heteroatoms. The number of rotatable bonds is 5. The number of hydrogen-bond acceptors (Lipinski definition) is 3. The molecule has 0 radical (unpaired) electrons. The van der Waals surface area contributed by atoms with Crippen LogP contribution >= 0.6 is 0 Å². The van der Waals surface area contributed by atoms with Gasteiger partial charge in [-0.25, -0.2) is 4.79 Å². The van der Waals surface area contributed by atoms with Crippen molar-refractivity contribution in [1.29, 1.82) is 5.41 Å². The summed E-state index contributed by atoms with van der Waals surface area (Å²) in [5.74, 6) is -1.56. The first-order chi connectivity index (χ1) is 12.6. The standard InChI is InChI=1S/C21H16N2O3/c22-13-14-6-11-19(18(12-14)21(25)26)23-20(24)17-9-7-16(8-10-17)15-4-2-1-3-5-15/h1-13,22H,(H,23,24)(H,25,26). The summed E-state index contributed by atoms with van der Waals surface area (Å²) in [6, 6.07) is 21.3. The van der Waals surface area contributed by atoms with Gasteiger partial charge in [0.1, 0.15) is 0 Å². The van der Waals surface area contributed by atoms with Gasteiger partial charge in [0.15, 0.2) is 0 Å². The fraction of sp³-hybridized carbons (Fsp3) is 0. The Morgan fingerprint density at radius 3 is 2.15 bits per heavy atom. The Morgan fingerprint density at radius 2 is 1.54 bits per heavy atom. The normalized spacial score (nSPS) is 10.2. The number of nitrogens with one attached hydrogen (secondary N) is 2. The van der Waals surface area contributed by atoms with Crippen molar-refractivity contribution in [2.24, 2.45) is 0 Å². The van der Waals surface area contributed by atoms with E-state index in [0.717, 1.165) is 17.3 Å². The maximum atomic E-state index is 12.4. The summed E-state index contributed by atoms with van der Waals surface area (Å²) in [5, 5.41) is 19.1. The van der Waals surface area contributed by atoms with Crippen LogP contribution in [0.4, 0.5) is 5.69 Å². The molecule has 0 aliphatic rings. The first kappa shape index (κ1) is 17.1. The molecule has 26 heavy (non-hydrogen) atoms. The van der Waals surface area contributed by atoms with Gasteiger partial charge in [0.2, 0.25) is 0 Å². The Bertz CT molecular complexity index is 964. The summed E-state index contributed by atoms with van der Waals surface area (Å²) in [6.07, 6.45) is 1.06. The maximum absolute atomic E-state index is 12.4. The number of carboxylic acids is 1. The molecule has 3 N–H and O–H groups in total. The Balaban J connectivity index is 1.82. The van der Waals surface area contributed by atoms with Gasteiger partial charge in [-0.15, -0.1) is 0 Å². The summed E-state index contributed by atoms with van der Waals surface area (Å²) in [6.45, 7) is 0. The summed E-state index contributed by atoms with van der Waals surface area (Å²) in [7, 11) is 0. The monoisotopic (exact) mass is 344 g/mol. The predicted octanol–water partition coefficient (Wildman–Crippen LogP) is 4.30. The van der Waals surface area contributed by atoms with Gasteiger partial charge in [0.05, 0.1) is 11.3 Å². The Morgan fingerprint density at radius 1 is 0.885 bits per heavy atom. The number of carbonyl (C=O) groups is 2. The lowest BCUT2D eigenvalue weighted by molar-refractivity contribution is 0.0698. The smallest absolute Gasteiger partial charge is 0.337 e. The van der Waals surface area contributed by atoms with Crippen LogP contribution in [0.2, 0.25) is 0 Å². The lowest BCUT2D eigenvalue weighted by Crippen LogP contribution is -2.15. The largest absolute Gasteiger partial charge is 0.478 e. The number of hydrogen-bond donors (Lipinski definition) is 3. The number of carboxylic acid groups (broad SMARTS) is 1. The molecule has 0 fully saturated rings. The lowest BCUT2D eigenvalue weighted by atomic mass is 10.0. The van der Waals surface area contributed by atoms with E-state index in [1.54, 1.807) is 18.2 Å². The molecule has 0 aliphatic carbocycles. The van der Waals surface area contributed by atoms with E-state index in [9.17, 15) is 14.7 Å². The highest BCUT2D eigenvalue weighted by Gasteiger charge is 2.14. The quantitative estimate of drug-likeness (QED) is 0.603. The second-order valence-electron chi connectivity index (χ2n) is 5.65. The van der Waals surface area contributed by atoms with Crippen molar-refractivity contribution in [3.8, 4) is 11.1 Å². The van der Waals surface area contributed by atoms with Crippen LogP contribution in [0.5, 0.6) is 0 Å². The van der Waals surface area contributed by atoms with E-state index in [2.05, 4.69) is 5.32 Å². The van der Waals surface area contributed by atoms with Gasteiger partial charge < -0.3 is 15.8 Å². The number of carbonyl (C=O) groups excluding carboxylic acids is 1. The SMILES string of the molecule is N=Cc1ccc(NC(=O)c2ccc(-c3ccccc3)cc2)c(C(=O)O)c1. The minimum absolute atomic E-state index is 0.0553. The maximum Gasteiger partial charge on any atom is 0.337 e. The Kier molecular flexibility index (Phi) is 4.90. The molecule has 0 bridgehead atoms. The van der Waals surface area contributed by atoms with E-state index >= 15 is 0 Å². The van der Waals surface area contributed by atoms with Crippen molar-refractivity contribution in [3.63, 3.8) is 0 Å². The molecule has 5 nitrogen and oxygen atoms in total. The number of anilines is 1. The average molecular weight is 344 g/mol. The molecule has 0 saturated carbocycles. The molecule has 0 heterocycles. The molecular weight excluding hydrogens is 328 g/mol. The molecule has 0 spiro atoms. The van der Waals surface area contributed by atoms with Gasteiger partial charge in [-0.05, 0) is 41.0 Å².